The first-order chi connectivity index (χ1) is 11.9. The fraction of sp³-hybridized carbons (Fsp3) is 0.176. The molecule has 2 aromatic carbocycles. The quantitative estimate of drug-likeness (QED) is 0.431. The van der Waals surface area contributed by atoms with Gasteiger partial charge in [-0.15, -0.1) is 0 Å². The van der Waals surface area contributed by atoms with E-state index in [4.69, 9.17) is 4.74 Å². The largest absolute Gasteiger partial charge is 0.477 e. The molecule has 7 nitrogen and oxygen atoms in total. The van der Waals surface area contributed by atoms with E-state index in [1.54, 1.807) is 0 Å². The summed E-state index contributed by atoms with van der Waals surface area (Å²) in [5, 5.41) is 13.8. The number of halogens is 1. The molecule has 0 bridgehead atoms. The van der Waals surface area contributed by atoms with Crippen molar-refractivity contribution in [3.63, 3.8) is 0 Å². The molecular formula is C17H15BrN2O5. The molecule has 0 saturated heterocycles. The zero-order valence-corrected chi connectivity index (χ0v) is 14.9. The van der Waals surface area contributed by atoms with Gasteiger partial charge in [0, 0.05) is 16.1 Å². The standard InChI is InChI=1S/C17H15BrN2O5/c1-11(13-4-2-3-5-14(13)18)19-17(22)10-25-16-7-6-12(9-21)8-15(16)20(23)24/h2-9,11H,10H2,1H3,(H,19,22)/t11-/m0/s1. The van der Waals surface area contributed by atoms with E-state index in [9.17, 15) is 19.7 Å². The number of aldehydes is 1. The minimum atomic E-state index is -0.663. The van der Waals surface area contributed by atoms with Crippen molar-refractivity contribution in [2.75, 3.05) is 6.61 Å². The number of benzene rings is 2. The highest BCUT2D eigenvalue weighted by Crippen LogP contribution is 2.27. The topological polar surface area (TPSA) is 98.5 Å². The Balaban J connectivity index is 2.02. The molecule has 25 heavy (non-hydrogen) atoms. The van der Waals surface area contributed by atoms with Crippen LogP contribution in [0, 0.1) is 10.1 Å². The Labute approximate surface area is 152 Å². The van der Waals surface area contributed by atoms with E-state index in [1.165, 1.54) is 12.1 Å². The summed E-state index contributed by atoms with van der Waals surface area (Å²) in [5.41, 5.74) is 0.694. The van der Waals surface area contributed by atoms with Crippen LogP contribution in [0.5, 0.6) is 5.75 Å². The Morgan fingerprint density at radius 3 is 2.72 bits per heavy atom. The van der Waals surface area contributed by atoms with E-state index in [1.807, 2.05) is 31.2 Å². The van der Waals surface area contributed by atoms with Gasteiger partial charge in [-0.3, -0.25) is 19.7 Å². The maximum atomic E-state index is 12.0. The molecule has 130 valence electrons. The Bertz CT molecular complexity index is 809. The Kier molecular flexibility index (Phi) is 6.24. The Hall–Kier alpha value is -2.74. The number of carbonyl (C=O) groups excluding carboxylic acids is 2. The van der Waals surface area contributed by atoms with E-state index < -0.39 is 10.8 Å². The SMILES string of the molecule is C[C@H](NC(=O)COc1ccc(C=O)cc1[N+](=O)[O-])c1ccccc1Br. The molecule has 2 aromatic rings. The molecule has 1 N–H and O–H groups in total. The van der Waals surface area contributed by atoms with Crippen LogP contribution in [0.15, 0.2) is 46.9 Å². The fourth-order valence-electron chi connectivity index (χ4n) is 2.20. The molecule has 0 aliphatic rings. The highest BCUT2D eigenvalue weighted by molar-refractivity contribution is 9.10. The molecule has 2 rings (SSSR count). The van der Waals surface area contributed by atoms with E-state index in [2.05, 4.69) is 21.2 Å². The van der Waals surface area contributed by atoms with Crippen LogP contribution in [0.3, 0.4) is 0 Å². The van der Waals surface area contributed by atoms with E-state index in [0.717, 1.165) is 16.1 Å². The summed E-state index contributed by atoms with van der Waals surface area (Å²) in [4.78, 5) is 33.1. The third-order valence-corrected chi connectivity index (χ3v) is 4.15. The summed E-state index contributed by atoms with van der Waals surface area (Å²) in [6.07, 6.45) is 0.503. The minimum absolute atomic E-state index is 0.0701. The van der Waals surface area contributed by atoms with Gasteiger partial charge in [0.05, 0.1) is 11.0 Å². The van der Waals surface area contributed by atoms with Gasteiger partial charge < -0.3 is 10.1 Å². The maximum absolute atomic E-state index is 12.0. The Morgan fingerprint density at radius 1 is 1.36 bits per heavy atom. The van der Waals surface area contributed by atoms with E-state index in [-0.39, 0.29) is 29.6 Å². The van der Waals surface area contributed by atoms with Crippen molar-refractivity contribution in [2.24, 2.45) is 0 Å². The van der Waals surface area contributed by atoms with Crippen LogP contribution in [0.25, 0.3) is 0 Å². The van der Waals surface area contributed by atoms with Gasteiger partial charge in [0.15, 0.2) is 12.4 Å². The number of ether oxygens (including phenoxy) is 1. The van der Waals surface area contributed by atoms with Crippen LogP contribution in [-0.4, -0.2) is 23.7 Å². The second kappa shape index (κ2) is 8.39. The monoisotopic (exact) mass is 406 g/mol. The van der Waals surface area contributed by atoms with E-state index >= 15 is 0 Å². The number of carbonyl (C=O) groups is 2. The minimum Gasteiger partial charge on any atom is -0.477 e. The molecule has 0 aliphatic carbocycles. The number of nitrogens with one attached hydrogen (secondary N) is 1. The van der Waals surface area contributed by atoms with Crippen molar-refractivity contribution in [3.05, 3.63) is 68.2 Å². The number of amides is 1. The van der Waals surface area contributed by atoms with Crippen LogP contribution < -0.4 is 10.1 Å². The lowest BCUT2D eigenvalue weighted by Crippen LogP contribution is -2.31. The second-order valence-electron chi connectivity index (χ2n) is 5.20. The van der Waals surface area contributed by atoms with Crippen molar-refractivity contribution in [1.82, 2.24) is 5.32 Å². The molecule has 0 aliphatic heterocycles. The third kappa shape index (κ3) is 4.87. The molecule has 0 aromatic heterocycles. The lowest BCUT2D eigenvalue weighted by Gasteiger charge is -2.16. The third-order valence-electron chi connectivity index (χ3n) is 3.42. The van der Waals surface area contributed by atoms with Crippen molar-refractivity contribution in [3.8, 4) is 5.75 Å². The van der Waals surface area contributed by atoms with Crippen LogP contribution in [0.1, 0.15) is 28.9 Å². The van der Waals surface area contributed by atoms with E-state index in [0.29, 0.717) is 6.29 Å². The van der Waals surface area contributed by atoms with Crippen LogP contribution in [0.4, 0.5) is 5.69 Å². The van der Waals surface area contributed by atoms with Gasteiger partial charge >= 0.3 is 5.69 Å². The summed E-state index contributed by atoms with van der Waals surface area (Å²) >= 11 is 3.42. The van der Waals surface area contributed by atoms with Crippen molar-refractivity contribution in [1.29, 1.82) is 0 Å². The van der Waals surface area contributed by atoms with Gasteiger partial charge in [0.1, 0.15) is 6.29 Å². The maximum Gasteiger partial charge on any atom is 0.311 e. The molecule has 1 amide bonds. The molecule has 0 fully saturated rings. The van der Waals surface area contributed by atoms with Crippen molar-refractivity contribution < 1.29 is 19.2 Å². The number of nitro groups is 1. The average molecular weight is 407 g/mol. The molecule has 0 unspecified atom stereocenters. The number of nitrogens with zero attached hydrogens (tertiary/aromatic N) is 1. The predicted octanol–water partition coefficient (Wildman–Crippen LogP) is 3.43. The summed E-state index contributed by atoms with van der Waals surface area (Å²) in [5.74, 6) is -0.490. The van der Waals surface area contributed by atoms with Crippen LogP contribution in [0.2, 0.25) is 0 Å². The molecule has 8 heteroatoms. The lowest BCUT2D eigenvalue weighted by molar-refractivity contribution is -0.385. The molecule has 0 heterocycles. The molecular weight excluding hydrogens is 392 g/mol. The van der Waals surface area contributed by atoms with Gasteiger partial charge in [-0.05, 0) is 30.7 Å². The number of hydrogen-bond acceptors (Lipinski definition) is 5. The fourth-order valence-corrected chi connectivity index (χ4v) is 2.83. The first-order valence-electron chi connectivity index (χ1n) is 7.32. The molecule has 0 saturated carbocycles. The molecule has 0 radical (unpaired) electrons. The summed E-state index contributed by atoms with van der Waals surface area (Å²) in [6.45, 7) is 1.44. The van der Waals surface area contributed by atoms with Gasteiger partial charge in [-0.25, -0.2) is 0 Å². The lowest BCUT2D eigenvalue weighted by atomic mass is 10.1. The second-order valence-corrected chi connectivity index (χ2v) is 6.06. The average Bonchev–Trinajstić information content (AvgIpc) is 2.60. The first-order valence-corrected chi connectivity index (χ1v) is 8.12. The highest BCUT2D eigenvalue weighted by Gasteiger charge is 2.18. The number of hydrogen-bond donors (Lipinski definition) is 1. The zero-order chi connectivity index (χ0) is 18.4. The van der Waals surface area contributed by atoms with Gasteiger partial charge in [-0.2, -0.15) is 0 Å². The van der Waals surface area contributed by atoms with Gasteiger partial charge in [0.25, 0.3) is 5.91 Å². The summed E-state index contributed by atoms with van der Waals surface area (Å²) in [7, 11) is 0. The normalized spacial score (nSPS) is 11.4. The number of nitro benzene ring substituents is 1. The van der Waals surface area contributed by atoms with Crippen molar-refractivity contribution in [2.45, 2.75) is 13.0 Å². The number of rotatable bonds is 7. The van der Waals surface area contributed by atoms with Gasteiger partial charge in [0.2, 0.25) is 0 Å². The van der Waals surface area contributed by atoms with Gasteiger partial charge in [-0.1, -0.05) is 34.1 Å². The van der Waals surface area contributed by atoms with Crippen molar-refractivity contribution >= 4 is 33.8 Å². The Morgan fingerprint density at radius 2 is 2.08 bits per heavy atom. The predicted molar refractivity (Wildman–Crippen MR) is 94.7 cm³/mol. The zero-order valence-electron chi connectivity index (χ0n) is 13.3. The summed E-state index contributed by atoms with van der Waals surface area (Å²) in [6, 6.07) is 11.0. The first kappa shape index (κ1) is 18.6. The van der Waals surface area contributed by atoms with Crippen LogP contribution in [-0.2, 0) is 4.79 Å². The molecule has 0 spiro atoms. The summed E-state index contributed by atoms with van der Waals surface area (Å²) < 4.78 is 6.11. The highest BCUT2D eigenvalue weighted by atomic mass is 79.9. The smallest absolute Gasteiger partial charge is 0.311 e. The molecule has 1 atom stereocenters. The van der Waals surface area contributed by atoms with Crippen LogP contribution >= 0.6 is 15.9 Å².